The van der Waals surface area contributed by atoms with Gasteiger partial charge in [-0.2, -0.15) is 0 Å². The Morgan fingerprint density at radius 2 is 2.06 bits per heavy atom. The van der Waals surface area contributed by atoms with E-state index in [1.165, 1.54) is 11.1 Å². The van der Waals surface area contributed by atoms with Gasteiger partial charge in [0, 0.05) is 25.2 Å². The van der Waals surface area contributed by atoms with E-state index in [-0.39, 0.29) is 5.91 Å². The van der Waals surface area contributed by atoms with Crippen molar-refractivity contribution in [3.63, 3.8) is 0 Å². The topological polar surface area (TPSA) is 36.4 Å². The quantitative estimate of drug-likeness (QED) is 0.813. The lowest BCUT2D eigenvalue weighted by Gasteiger charge is -2.30. The van der Waals surface area contributed by atoms with E-state index < -0.39 is 0 Å². The number of likely N-dealkylation sites (N-methyl/N-ethyl adjacent to an activating group) is 1. The molecule has 0 bridgehead atoms. The molecule has 0 fully saturated rings. The lowest BCUT2D eigenvalue weighted by atomic mass is 9.99. The van der Waals surface area contributed by atoms with Crippen LogP contribution in [-0.2, 0) is 11.2 Å². The molecule has 1 aromatic rings. The van der Waals surface area contributed by atoms with E-state index in [1.807, 2.05) is 25.9 Å². The number of hydrogen-bond acceptors (Lipinski definition) is 3. The molecule has 0 radical (unpaired) electrons. The molecule has 1 aromatic heterocycles. The molecule has 2 heterocycles. The predicted molar refractivity (Wildman–Crippen MR) is 72.9 cm³/mol. The van der Waals surface area contributed by atoms with Crippen LogP contribution in [0.4, 0.5) is 5.82 Å². The number of carbonyl (C=O) groups excluding carboxylic acids is 1. The molecule has 0 N–H and O–H groups in total. The molecule has 0 aliphatic carbocycles. The van der Waals surface area contributed by atoms with Gasteiger partial charge in [0.15, 0.2) is 0 Å². The van der Waals surface area contributed by atoms with Crippen LogP contribution < -0.4 is 4.90 Å². The number of fused-ring (bicyclic) bond motifs is 1. The van der Waals surface area contributed by atoms with Crippen LogP contribution >= 0.6 is 0 Å². The first-order chi connectivity index (χ1) is 8.49. The molecule has 0 atom stereocenters. The van der Waals surface area contributed by atoms with Crippen molar-refractivity contribution in [3.05, 3.63) is 22.9 Å². The lowest BCUT2D eigenvalue weighted by Crippen LogP contribution is -2.40. The summed E-state index contributed by atoms with van der Waals surface area (Å²) in [5.74, 6) is 1.08. The third-order valence-electron chi connectivity index (χ3n) is 3.37. The summed E-state index contributed by atoms with van der Waals surface area (Å²) in [4.78, 5) is 20.6. The molecule has 4 nitrogen and oxygen atoms in total. The molecule has 2 rings (SSSR count). The van der Waals surface area contributed by atoms with Crippen molar-refractivity contribution in [3.8, 4) is 0 Å². The van der Waals surface area contributed by atoms with Gasteiger partial charge in [-0.3, -0.25) is 9.69 Å². The maximum atomic E-state index is 12.1. The minimum atomic E-state index is 0.196. The summed E-state index contributed by atoms with van der Waals surface area (Å²) in [6.07, 6.45) is 1.43. The van der Waals surface area contributed by atoms with Gasteiger partial charge in [-0.05, 0) is 51.6 Å². The number of aromatic nitrogens is 1. The van der Waals surface area contributed by atoms with Crippen LogP contribution in [0.2, 0.25) is 0 Å². The highest BCUT2D eigenvalue weighted by atomic mass is 16.2. The first kappa shape index (κ1) is 13.0. The van der Waals surface area contributed by atoms with Gasteiger partial charge in [0.2, 0.25) is 5.91 Å². The highest BCUT2D eigenvalue weighted by Crippen LogP contribution is 2.28. The van der Waals surface area contributed by atoms with Gasteiger partial charge in [0.25, 0.3) is 0 Å². The molecule has 18 heavy (non-hydrogen) atoms. The van der Waals surface area contributed by atoms with E-state index in [0.717, 1.165) is 24.5 Å². The highest BCUT2D eigenvalue weighted by Gasteiger charge is 2.26. The average molecular weight is 247 g/mol. The van der Waals surface area contributed by atoms with Gasteiger partial charge in [0.05, 0.1) is 0 Å². The summed E-state index contributed by atoms with van der Waals surface area (Å²) in [6, 6.07) is 2.10. The zero-order valence-corrected chi connectivity index (χ0v) is 11.7. The Labute approximate surface area is 109 Å². The fraction of sp³-hybridized carbons (Fsp3) is 0.571. The van der Waals surface area contributed by atoms with E-state index in [1.54, 1.807) is 0 Å². The Hall–Kier alpha value is -1.42. The first-order valence-corrected chi connectivity index (χ1v) is 6.41. The van der Waals surface area contributed by atoms with Crippen molar-refractivity contribution in [2.24, 2.45) is 0 Å². The summed E-state index contributed by atoms with van der Waals surface area (Å²) < 4.78 is 0. The minimum Gasteiger partial charge on any atom is -0.308 e. The second kappa shape index (κ2) is 5.06. The van der Waals surface area contributed by atoms with Crippen LogP contribution in [0.5, 0.6) is 0 Å². The number of pyridine rings is 1. The van der Waals surface area contributed by atoms with Gasteiger partial charge in [-0.25, -0.2) is 4.98 Å². The Kier molecular flexibility index (Phi) is 3.66. The molecule has 0 spiro atoms. The number of aryl methyl sites for hydroxylation is 2. The highest BCUT2D eigenvalue weighted by molar-refractivity contribution is 5.95. The van der Waals surface area contributed by atoms with Crippen LogP contribution in [0.25, 0.3) is 0 Å². The van der Waals surface area contributed by atoms with Gasteiger partial charge in [0.1, 0.15) is 5.82 Å². The maximum Gasteiger partial charge on any atom is 0.228 e. The summed E-state index contributed by atoms with van der Waals surface area (Å²) >= 11 is 0. The van der Waals surface area contributed by atoms with Crippen molar-refractivity contribution < 1.29 is 4.79 Å². The normalized spacial score (nSPS) is 15.2. The van der Waals surface area contributed by atoms with Crippen molar-refractivity contribution in [2.75, 3.05) is 32.1 Å². The van der Waals surface area contributed by atoms with E-state index in [2.05, 4.69) is 22.9 Å². The fourth-order valence-electron chi connectivity index (χ4n) is 2.39. The molecule has 98 valence electrons. The number of carbonyl (C=O) groups is 1. The SMILES string of the molecule is Cc1cc(C)c2c(n1)N(CCN(C)C)C(=O)CC2. The van der Waals surface area contributed by atoms with E-state index in [4.69, 9.17) is 0 Å². The average Bonchev–Trinajstić information content (AvgIpc) is 2.26. The Balaban J connectivity index is 2.34. The van der Waals surface area contributed by atoms with Gasteiger partial charge < -0.3 is 4.90 Å². The van der Waals surface area contributed by atoms with Crippen LogP contribution in [0, 0.1) is 13.8 Å². The number of nitrogens with zero attached hydrogens (tertiary/aromatic N) is 3. The van der Waals surface area contributed by atoms with E-state index in [9.17, 15) is 4.79 Å². The molecule has 0 aromatic carbocycles. The van der Waals surface area contributed by atoms with Crippen LogP contribution in [-0.4, -0.2) is 43.0 Å². The monoisotopic (exact) mass is 247 g/mol. The van der Waals surface area contributed by atoms with E-state index in [0.29, 0.717) is 13.0 Å². The second-order valence-electron chi connectivity index (χ2n) is 5.23. The third kappa shape index (κ3) is 2.53. The fourth-order valence-corrected chi connectivity index (χ4v) is 2.39. The number of anilines is 1. The molecule has 1 aliphatic rings. The molecule has 0 unspecified atom stereocenters. The Morgan fingerprint density at radius 3 is 2.72 bits per heavy atom. The summed E-state index contributed by atoms with van der Waals surface area (Å²) in [6.45, 7) is 5.67. The molecule has 4 heteroatoms. The Bertz CT molecular complexity index is 468. The second-order valence-corrected chi connectivity index (χ2v) is 5.23. The van der Waals surface area contributed by atoms with Crippen LogP contribution in [0.3, 0.4) is 0 Å². The number of amides is 1. The van der Waals surface area contributed by atoms with Crippen molar-refractivity contribution in [1.82, 2.24) is 9.88 Å². The summed E-state index contributed by atoms with van der Waals surface area (Å²) in [7, 11) is 4.04. The van der Waals surface area contributed by atoms with Crippen molar-refractivity contribution >= 4 is 11.7 Å². The molecule has 1 amide bonds. The van der Waals surface area contributed by atoms with Crippen LogP contribution in [0.1, 0.15) is 23.2 Å². The van der Waals surface area contributed by atoms with Gasteiger partial charge in [-0.1, -0.05) is 0 Å². The predicted octanol–water partition coefficient (Wildman–Crippen LogP) is 1.54. The molecule has 1 aliphatic heterocycles. The van der Waals surface area contributed by atoms with E-state index >= 15 is 0 Å². The van der Waals surface area contributed by atoms with Crippen molar-refractivity contribution in [1.29, 1.82) is 0 Å². The zero-order valence-electron chi connectivity index (χ0n) is 11.7. The van der Waals surface area contributed by atoms with Crippen LogP contribution in [0.15, 0.2) is 6.07 Å². The molecule has 0 saturated heterocycles. The number of hydrogen-bond donors (Lipinski definition) is 0. The minimum absolute atomic E-state index is 0.196. The molecule has 0 saturated carbocycles. The molecular formula is C14H21N3O. The van der Waals surface area contributed by atoms with Crippen molar-refractivity contribution in [2.45, 2.75) is 26.7 Å². The maximum absolute atomic E-state index is 12.1. The molecular weight excluding hydrogens is 226 g/mol. The standard InChI is InChI=1S/C14H21N3O/c1-10-9-11(2)15-14-12(10)5-6-13(18)17(14)8-7-16(3)4/h9H,5-8H2,1-4H3. The Morgan fingerprint density at radius 1 is 1.33 bits per heavy atom. The van der Waals surface area contributed by atoms with Gasteiger partial charge in [-0.15, -0.1) is 0 Å². The smallest absolute Gasteiger partial charge is 0.228 e. The lowest BCUT2D eigenvalue weighted by molar-refractivity contribution is -0.119. The third-order valence-corrected chi connectivity index (χ3v) is 3.37. The zero-order chi connectivity index (χ0) is 13.3. The largest absolute Gasteiger partial charge is 0.308 e. The summed E-state index contributed by atoms with van der Waals surface area (Å²) in [5, 5.41) is 0. The summed E-state index contributed by atoms with van der Waals surface area (Å²) in [5.41, 5.74) is 3.47. The first-order valence-electron chi connectivity index (χ1n) is 6.41. The van der Waals surface area contributed by atoms with Gasteiger partial charge >= 0.3 is 0 Å². The number of rotatable bonds is 3.